The molecule has 0 aliphatic heterocycles. The Balaban J connectivity index is 1.38. The van der Waals surface area contributed by atoms with Crippen LogP contribution in [-0.2, 0) is 9.53 Å². The number of ether oxygens (including phenoxy) is 5. The van der Waals surface area contributed by atoms with Crippen molar-refractivity contribution in [2.24, 2.45) is 0 Å². The molecule has 0 saturated carbocycles. The van der Waals surface area contributed by atoms with Crippen LogP contribution in [0.1, 0.15) is 53.3 Å². The lowest BCUT2D eigenvalue weighted by Gasteiger charge is -2.09. The molecule has 0 aliphatic rings. The van der Waals surface area contributed by atoms with Crippen molar-refractivity contribution in [3.8, 4) is 23.0 Å². The van der Waals surface area contributed by atoms with Crippen molar-refractivity contribution in [1.82, 2.24) is 0 Å². The van der Waals surface area contributed by atoms with Gasteiger partial charge in [0, 0.05) is 6.08 Å². The highest BCUT2D eigenvalue weighted by molar-refractivity contribution is 5.92. The molecule has 3 aromatic carbocycles. The summed E-state index contributed by atoms with van der Waals surface area (Å²) >= 11 is 0. The second-order valence-corrected chi connectivity index (χ2v) is 8.37. The van der Waals surface area contributed by atoms with Crippen LogP contribution in [0.25, 0.3) is 0 Å². The van der Waals surface area contributed by atoms with Gasteiger partial charge in [0.2, 0.25) is 0 Å². The topological polar surface area (TPSA) is 97.4 Å². The summed E-state index contributed by atoms with van der Waals surface area (Å²) in [6, 6.07) is 19.6. The Bertz CT molecular complexity index is 1210. The van der Waals surface area contributed by atoms with E-state index in [0.29, 0.717) is 53.9 Å². The van der Waals surface area contributed by atoms with Crippen molar-refractivity contribution >= 4 is 17.9 Å². The van der Waals surface area contributed by atoms with Crippen molar-refractivity contribution in [2.45, 2.75) is 32.6 Å². The van der Waals surface area contributed by atoms with Gasteiger partial charge in [-0.05, 0) is 105 Å². The number of carbonyl (C=O) groups excluding carboxylic acids is 3. The van der Waals surface area contributed by atoms with Gasteiger partial charge in [-0.25, -0.2) is 14.4 Å². The maximum atomic E-state index is 12.5. The zero-order chi connectivity index (χ0) is 27.9. The Morgan fingerprint density at radius 1 is 0.615 bits per heavy atom. The Kier molecular flexibility index (Phi) is 11.6. The van der Waals surface area contributed by atoms with Gasteiger partial charge in [0.1, 0.15) is 23.0 Å². The lowest BCUT2D eigenvalue weighted by molar-refractivity contribution is -0.137. The summed E-state index contributed by atoms with van der Waals surface area (Å²) in [6.45, 7) is 6.72. The Hall–Kier alpha value is -4.59. The van der Waals surface area contributed by atoms with Gasteiger partial charge in [0.25, 0.3) is 0 Å². The minimum absolute atomic E-state index is 0.320. The first-order valence-electron chi connectivity index (χ1n) is 12.8. The van der Waals surface area contributed by atoms with Crippen LogP contribution >= 0.6 is 0 Å². The van der Waals surface area contributed by atoms with Gasteiger partial charge in [-0.2, -0.15) is 0 Å². The van der Waals surface area contributed by atoms with Crippen LogP contribution in [0.15, 0.2) is 85.5 Å². The second kappa shape index (κ2) is 15.6. The highest BCUT2D eigenvalue weighted by Gasteiger charge is 2.11. The molecule has 0 radical (unpaired) electrons. The van der Waals surface area contributed by atoms with Gasteiger partial charge in [-0.15, -0.1) is 0 Å². The molecule has 3 aromatic rings. The van der Waals surface area contributed by atoms with Gasteiger partial charge < -0.3 is 23.7 Å². The van der Waals surface area contributed by atoms with Crippen LogP contribution in [-0.4, -0.2) is 37.7 Å². The van der Waals surface area contributed by atoms with E-state index in [9.17, 15) is 14.4 Å². The first kappa shape index (κ1) is 29.0. The van der Waals surface area contributed by atoms with Gasteiger partial charge in [-0.1, -0.05) is 6.58 Å². The molecule has 0 fully saturated rings. The summed E-state index contributed by atoms with van der Waals surface area (Å²) < 4.78 is 26.8. The molecule has 39 heavy (non-hydrogen) atoms. The van der Waals surface area contributed by atoms with Crippen LogP contribution in [0.3, 0.4) is 0 Å². The largest absolute Gasteiger partial charge is 0.494 e. The van der Waals surface area contributed by atoms with E-state index in [-0.39, 0.29) is 0 Å². The maximum Gasteiger partial charge on any atom is 0.343 e. The quantitative estimate of drug-likeness (QED) is 0.0989. The maximum absolute atomic E-state index is 12.5. The summed E-state index contributed by atoms with van der Waals surface area (Å²) in [7, 11) is 0. The molecule has 0 saturated heterocycles. The van der Waals surface area contributed by atoms with Crippen molar-refractivity contribution in [3.05, 3.63) is 96.6 Å². The summed E-state index contributed by atoms with van der Waals surface area (Å²) in [4.78, 5) is 35.8. The molecule has 0 aliphatic carbocycles. The van der Waals surface area contributed by atoms with Gasteiger partial charge >= 0.3 is 17.9 Å². The van der Waals surface area contributed by atoms with E-state index in [4.69, 9.17) is 23.7 Å². The normalized spacial score (nSPS) is 10.3. The molecule has 0 bridgehead atoms. The SMILES string of the molecule is C=CC(=O)OCCCCCCOc1ccc(C(=O)Oc2ccc(OC(=O)c3ccc(OCC)cc3)cc2)cc1. The molecule has 8 nitrogen and oxygen atoms in total. The Labute approximate surface area is 228 Å². The summed E-state index contributed by atoms with van der Waals surface area (Å²) in [5.41, 5.74) is 0.771. The predicted molar refractivity (Wildman–Crippen MR) is 146 cm³/mol. The fourth-order valence-corrected chi connectivity index (χ4v) is 3.43. The molecule has 0 unspecified atom stereocenters. The third-order valence-electron chi connectivity index (χ3n) is 5.45. The highest BCUT2D eigenvalue weighted by atomic mass is 16.5. The standard InChI is InChI=1S/C31H32O8/c1-3-29(32)37-22-8-6-5-7-21-36-26-15-11-24(12-16-26)31(34)39-28-19-17-27(18-20-28)38-30(33)23-9-13-25(14-10-23)35-4-2/h3,9-20H,1,4-8,21-22H2,2H3. The van der Waals surface area contributed by atoms with Crippen LogP contribution in [0.5, 0.6) is 23.0 Å². The van der Waals surface area contributed by atoms with Crippen LogP contribution in [0, 0.1) is 0 Å². The summed E-state index contributed by atoms with van der Waals surface area (Å²) in [5, 5.41) is 0. The predicted octanol–water partition coefficient (Wildman–Crippen LogP) is 6.19. The monoisotopic (exact) mass is 532 g/mol. The molecule has 0 N–H and O–H groups in total. The van der Waals surface area contributed by atoms with Crippen LogP contribution in [0.2, 0.25) is 0 Å². The van der Waals surface area contributed by atoms with Crippen LogP contribution in [0.4, 0.5) is 0 Å². The number of esters is 3. The molecule has 204 valence electrons. The molecule has 0 heterocycles. The number of hydrogen-bond donors (Lipinski definition) is 0. The van der Waals surface area contributed by atoms with E-state index in [2.05, 4.69) is 6.58 Å². The average Bonchev–Trinajstić information content (AvgIpc) is 2.96. The number of benzene rings is 3. The van der Waals surface area contributed by atoms with E-state index in [0.717, 1.165) is 31.8 Å². The lowest BCUT2D eigenvalue weighted by Crippen LogP contribution is -2.09. The minimum atomic E-state index is -0.516. The first-order chi connectivity index (χ1) is 19.0. The van der Waals surface area contributed by atoms with Crippen LogP contribution < -0.4 is 18.9 Å². The lowest BCUT2D eigenvalue weighted by atomic mass is 10.2. The Morgan fingerprint density at radius 3 is 1.51 bits per heavy atom. The Morgan fingerprint density at radius 2 is 1.05 bits per heavy atom. The van der Waals surface area contributed by atoms with E-state index < -0.39 is 17.9 Å². The number of unbranched alkanes of at least 4 members (excludes halogenated alkanes) is 3. The van der Waals surface area contributed by atoms with Crippen molar-refractivity contribution < 1.29 is 38.1 Å². The van der Waals surface area contributed by atoms with Crippen molar-refractivity contribution in [3.63, 3.8) is 0 Å². The van der Waals surface area contributed by atoms with Crippen molar-refractivity contribution in [1.29, 1.82) is 0 Å². The van der Waals surface area contributed by atoms with E-state index in [1.165, 1.54) is 0 Å². The first-order valence-corrected chi connectivity index (χ1v) is 12.8. The average molecular weight is 533 g/mol. The summed E-state index contributed by atoms with van der Waals surface area (Å²) in [5.74, 6) is 0.561. The zero-order valence-electron chi connectivity index (χ0n) is 21.9. The fourth-order valence-electron chi connectivity index (χ4n) is 3.43. The van der Waals surface area contributed by atoms with Crippen molar-refractivity contribution in [2.75, 3.05) is 19.8 Å². The minimum Gasteiger partial charge on any atom is -0.494 e. The third kappa shape index (κ3) is 10.0. The third-order valence-corrected chi connectivity index (χ3v) is 5.45. The number of hydrogen-bond acceptors (Lipinski definition) is 8. The van der Waals surface area contributed by atoms with E-state index >= 15 is 0 Å². The molecule has 0 aromatic heterocycles. The smallest absolute Gasteiger partial charge is 0.343 e. The summed E-state index contributed by atoms with van der Waals surface area (Å²) in [6.07, 6.45) is 4.71. The van der Waals surface area contributed by atoms with E-state index in [1.54, 1.807) is 72.8 Å². The fraction of sp³-hybridized carbons (Fsp3) is 0.258. The van der Waals surface area contributed by atoms with Gasteiger partial charge in [0.05, 0.1) is 30.9 Å². The van der Waals surface area contributed by atoms with Gasteiger partial charge in [0.15, 0.2) is 0 Å². The second-order valence-electron chi connectivity index (χ2n) is 8.37. The molecular formula is C31H32O8. The molecular weight excluding hydrogens is 500 g/mol. The van der Waals surface area contributed by atoms with E-state index in [1.807, 2.05) is 6.92 Å². The molecule has 0 amide bonds. The zero-order valence-corrected chi connectivity index (χ0v) is 21.9. The highest BCUT2D eigenvalue weighted by Crippen LogP contribution is 2.21. The van der Waals surface area contributed by atoms with Gasteiger partial charge in [-0.3, -0.25) is 0 Å². The molecule has 0 spiro atoms. The molecule has 0 atom stereocenters. The molecule has 8 heteroatoms. The number of rotatable bonds is 15. The molecule has 3 rings (SSSR count). The number of carbonyl (C=O) groups is 3.